The van der Waals surface area contributed by atoms with Crippen LogP contribution in [0.15, 0.2) is 30.5 Å². The fraction of sp³-hybridized carbons (Fsp3) is 0.435. The number of hydrogen-bond donors (Lipinski definition) is 2. The molecular weight excluding hydrogens is 421 g/mol. The molecule has 3 rings (SSSR count). The molecule has 0 radical (unpaired) electrons. The topological polar surface area (TPSA) is 85.2 Å². The third-order valence-electron chi connectivity index (χ3n) is 5.33. The molecular formula is C23H28F3N4O2+. The number of carbonyl (C=O) groups is 1. The van der Waals surface area contributed by atoms with Crippen LogP contribution in [0.25, 0.3) is 5.65 Å². The molecule has 3 N–H and O–H groups in total. The van der Waals surface area contributed by atoms with Gasteiger partial charge in [0, 0.05) is 27.9 Å². The Morgan fingerprint density at radius 2 is 1.59 bits per heavy atom. The van der Waals surface area contributed by atoms with E-state index in [9.17, 15) is 23.1 Å². The quantitative estimate of drug-likeness (QED) is 0.458. The van der Waals surface area contributed by atoms with Crippen LogP contribution in [0.3, 0.4) is 0 Å². The van der Waals surface area contributed by atoms with Crippen LogP contribution in [0, 0.1) is 0 Å². The highest BCUT2D eigenvalue weighted by atomic mass is 19.4. The molecule has 0 unspecified atom stereocenters. The SMILES string of the molecule is CC(C)(C)c1cc(C(=O)Cn2nc(N)[n+]3cc(C(F)(F)F)ccc23)cc(C(C)(C)C)c1O. The summed E-state index contributed by atoms with van der Waals surface area (Å²) in [6, 6.07) is 5.48. The summed E-state index contributed by atoms with van der Waals surface area (Å²) >= 11 is 0. The number of hydrogen-bond acceptors (Lipinski definition) is 4. The lowest BCUT2D eigenvalue weighted by Crippen LogP contribution is -2.26. The van der Waals surface area contributed by atoms with Crippen LogP contribution in [0.5, 0.6) is 5.75 Å². The van der Waals surface area contributed by atoms with Gasteiger partial charge >= 0.3 is 12.1 Å². The van der Waals surface area contributed by atoms with Gasteiger partial charge in [0.2, 0.25) is 5.65 Å². The normalized spacial score (nSPS) is 13.0. The van der Waals surface area contributed by atoms with Crippen molar-refractivity contribution in [2.75, 3.05) is 5.73 Å². The number of aromatic nitrogens is 3. The highest BCUT2D eigenvalue weighted by Crippen LogP contribution is 2.40. The van der Waals surface area contributed by atoms with Crippen molar-refractivity contribution in [1.82, 2.24) is 9.78 Å². The summed E-state index contributed by atoms with van der Waals surface area (Å²) in [6.45, 7) is 11.4. The number of carbonyl (C=O) groups excluding carboxylic acids is 1. The molecule has 0 aliphatic carbocycles. The number of Topliss-reactive ketones (excluding diaryl/α,β-unsaturated/α-hetero) is 1. The molecule has 0 aliphatic heterocycles. The number of halogens is 3. The Labute approximate surface area is 184 Å². The first-order valence-corrected chi connectivity index (χ1v) is 10.2. The molecule has 0 saturated heterocycles. The first-order chi connectivity index (χ1) is 14.5. The summed E-state index contributed by atoms with van der Waals surface area (Å²) in [7, 11) is 0. The number of ketones is 1. The van der Waals surface area contributed by atoms with Crippen LogP contribution in [-0.4, -0.2) is 20.7 Å². The predicted octanol–water partition coefficient (Wildman–Crippen LogP) is 4.41. The number of nitrogens with zero attached hydrogens (tertiary/aromatic N) is 3. The van der Waals surface area contributed by atoms with Crippen LogP contribution in [0.1, 0.15) is 68.6 Å². The Balaban J connectivity index is 2.07. The van der Waals surface area contributed by atoms with E-state index in [2.05, 4.69) is 5.10 Å². The zero-order valence-corrected chi connectivity index (χ0v) is 19.0. The molecule has 0 amide bonds. The molecule has 1 aromatic carbocycles. The highest BCUT2D eigenvalue weighted by molar-refractivity contribution is 5.97. The summed E-state index contributed by atoms with van der Waals surface area (Å²) < 4.78 is 41.5. The Morgan fingerprint density at radius 1 is 1.06 bits per heavy atom. The highest BCUT2D eigenvalue weighted by Gasteiger charge is 2.33. The van der Waals surface area contributed by atoms with E-state index in [-0.39, 0.29) is 29.7 Å². The number of phenols is 1. The van der Waals surface area contributed by atoms with Crippen molar-refractivity contribution in [3.63, 3.8) is 0 Å². The number of alkyl halides is 3. The minimum absolute atomic E-state index is 0.157. The van der Waals surface area contributed by atoms with Crippen molar-refractivity contribution >= 4 is 17.4 Å². The van der Waals surface area contributed by atoms with Crippen molar-refractivity contribution in [2.45, 2.75) is 65.1 Å². The third-order valence-corrected chi connectivity index (χ3v) is 5.33. The molecule has 0 bridgehead atoms. The summed E-state index contributed by atoms with van der Waals surface area (Å²) in [5.41, 5.74) is 6.05. The molecule has 9 heteroatoms. The predicted molar refractivity (Wildman–Crippen MR) is 115 cm³/mol. The largest absolute Gasteiger partial charge is 0.507 e. The Hall–Kier alpha value is -3.10. The van der Waals surface area contributed by atoms with Gasteiger partial charge in [-0.15, -0.1) is 4.68 Å². The molecule has 0 spiro atoms. The number of rotatable bonds is 3. The first-order valence-electron chi connectivity index (χ1n) is 10.2. The van der Waals surface area contributed by atoms with Crippen molar-refractivity contribution in [3.8, 4) is 5.75 Å². The van der Waals surface area contributed by atoms with Gasteiger partial charge in [-0.25, -0.2) is 0 Å². The van der Waals surface area contributed by atoms with E-state index in [1.165, 1.54) is 10.7 Å². The van der Waals surface area contributed by atoms with Crippen molar-refractivity contribution in [3.05, 3.63) is 52.7 Å². The molecule has 172 valence electrons. The lowest BCUT2D eigenvalue weighted by Gasteiger charge is -2.28. The van der Waals surface area contributed by atoms with Crippen LogP contribution >= 0.6 is 0 Å². The Kier molecular flexibility index (Phi) is 5.52. The second kappa shape index (κ2) is 7.50. The van der Waals surface area contributed by atoms with Gasteiger partial charge in [0.1, 0.15) is 5.75 Å². The average Bonchev–Trinajstić information content (AvgIpc) is 2.94. The number of nitrogens with two attached hydrogens (primary N) is 1. The van der Waals surface area contributed by atoms with Gasteiger partial charge in [0.05, 0.1) is 11.8 Å². The lowest BCUT2D eigenvalue weighted by atomic mass is 9.78. The summed E-state index contributed by atoms with van der Waals surface area (Å²) in [5.74, 6) is -0.299. The van der Waals surface area contributed by atoms with Gasteiger partial charge in [-0.05, 0) is 29.0 Å². The van der Waals surface area contributed by atoms with Gasteiger partial charge in [0.15, 0.2) is 12.3 Å². The maximum Gasteiger partial charge on any atom is 0.418 e. The number of anilines is 1. The van der Waals surface area contributed by atoms with E-state index in [1.54, 1.807) is 12.1 Å². The minimum atomic E-state index is -4.52. The molecule has 0 atom stereocenters. The zero-order chi connectivity index (χ0) is 24.2. The number of fused-ring (bicyclic) bond motifs is 1. The van der Waals surface area contributed by atoms with E-state index >= 15 is 0 Å². The van der Waals surface area contributed by atoms with Crippen LogP contribution in [-0.2, 0) is 23.6 Å². The number of pyridine rings is 1. The standard InChI is InChI=1S/C23H27F3N4O2/c1-21(2,3)15-9-13(10-16(19(15)32)22(4,5)6)17(31)12-30-18-8-7-14(23(24,25)26)11-29(18)20(27)28-30/h7-11H,12H2,1-6H3,(H2-,27,28,31,32)/p+1. The zero-order valence-electron chi connectivity index (χ0n) is 19.0. The molecule has 0 saturated carbocycles. The molecule has 3 aromatic rings. The van der Waals surface area contributed by atoms with Crippen molar-refractivity contribution in [1.29, 1.82) is 0 Å². The number of benzene rings is 1. The maximum absolute atomic E-state index is 13.2. The second-order valence-electron chi connectivity index (χ2n) is 10.0. The van der Waals surface area contributed by atoms with Crippen LogP contribution in [0.4, 0.5) is 19.1 Å². The first kappa shape index (κ1) is 23.6. The van der Waals surface area contributed by atoms with E-state index in [4.69, 9.17) is 5.73 Å². The molecule has 2 aromatic heterocycles. The summed E-state index contributed by atoms with van der Waals surface area (Å²) in [6.07, 6.45) is -3.67. The van der Waals surface area contributed by atoms with Gasteiger partial charge in [-0.2, -0.15) is 17.6 Å². The van der Waals surface area contributed by atoms with Gasteiger partial charge in [-0.3, -0.25) is 4.79 Å². The number of phenolic OH excluding ortho intramolecular Hbond substituents is 1. The van der Waals surface area contributed by atoms with E-state index in [0.717, 1.165) is 16.7 Å². The van der Waals surface area contributed by atoms with Gasteiger partial charge in [0.25, 0.3) is 0 Å². The summed E-state index contributed by atoms with van der Waals surface area (Å²) in [4.78, 5) is 13.2. The van der Waals surface area contributed by atoms with E-state index in [0.29, 0.717) is 16.7 Å². The number of aromatic hydroxyl groups is 1. The van der Waals surface area contributed by atoms with Gasteiger partial charge < -0.3 is 10.8 Å². The molecule has 32 heavy (non-hydrogen) atoms. The molecule has 2 heterocycles. The van der Waals surface area contributed by atoms with Crippen LogP contribution < -0.4 is 10.1 Å². The maximum atomic E-state index is 13.2. The molecule has 0 aliphatic rings. The lowest BCUT2D eigenvalue weighted by molar-refractivity contribution is -0.498. The number of nitrogen functional groups attached to an aromatic ring is 1. The fourth-order valence-electron chi connectivity index (χ4n) is 3.56. The van der Waals surface area contributed by atoms with E-state index < -0.39 is 22.6 Å². The average molecular weight is 449 g/mol. The Morgan fingerprint density at radius 3 is 2.06 bits per heavy atom. The smallest absolute Gasteiger partial charge is 0.418 e. The van der Waals surface area contributed by atoms with E-state index in [1.807, 2.05) is 41.5 Å². The summed E-state index contributed by atoms with van der Waals surface area (Å²) in [5, 5.41) is 14.9. The van der Waals surface area contributed by atoms with Crippen LogP contribution in [0.2, 0.25) is 0 Å². The monoisotopic (exact) mass is 449 g/mol. The molecule has 6 nitrogen and oxygen atoms in total. The van der Waals surface area contributed by atoms with Crippen molar-refractivity contribution in [2.24, 2.45) is 0 Å². The van der Waals surface area contributed by atoms with Crippen molar-refractivity contribution < 1.29 is 27.5 Å². The second-order valence-corrected chi connectivity index (χ2v) is 10.0. The molecule has 0 fully saturated rings. The fourth-order valence-corrected chi connectivity index (χ4v) is 3.56. The minimum Gasteiger partial charge on any atom is -0.507 e. The third kappa shape index (κ3) is 4.42. The Bertz CT molecular complexity index is 1160. The van der Waals surface area contributed by atoms with Gasteiger partial charge in [-0.1, -0.05) is 41.5 Å².